The van der Waals surface area contributed by atoms with Gasteiger partial charge in [0.05, 0.1) is 29.5 Å². The fraction of sp³-hybridized carbons (Fsp3) is 0.440. The molecule has 0 atom stereocenters. The lowest BCUT2D eigenvalue weighted by molar-refractivity contribution is -0.0640. The van der Waals surface area contributed by atoms with Gasteiger partial charge < -0.3 is 20.1 Å². The number of aromatic nitrogens is 2. The summed E-state index contributed by atoms with van der Waals surface area (Å²) in [5.74, 6) is -0.0453. The first kappa shape index (κ1) is 21.5. The third kappa shape index (κ3) is 5.14. The van der Waals surface area contributed by atoms with Gasteiger partial charge in [0, 0.05) is 34.9 Å². The fourth-order valence-electron chi connectivity index (χ4n) is 4.16. The van der Waals surface area contributed by atoms with Gasteiger partial charge in [-0.2, -0.15) is 0 Å². The van der Waals surface area contributed by atoms with Gasteiger partial charge in [-0.1, -0.05) is 12.1 Å². The third-order valence-corrected chi connectivity index (χ3v) is 5.89. The summed E-state index contributed by atoms with van der Waals surface area (Å²) in [5.41, 5.74) is 3.96. The number of hydrogen-bond acceptors (Lipinski definition) is 4. The molecule has 31 heavy (non-hydrogen) atoms. The summed E-state index contributed by atoms with van der Waals surface area (Å²) in [7, 11) is 0. The first-order chi connectivity index (χ1) is 14.8. The average Bonchev–Trinajstić information content (AvgIpc) is 3.24. The van der Waals surface area contributed by atoms with Crippen LogP contribution in [0.5, 0.6) is 0 Å². The number of fused-ring (bicyclic) bond motifs is 1. The quantitative estimate of drug-likeness (QED) is 0.552. The number of benzene rings is 1. The molecule has 1 amide bonds. The summed E-state index contributed by atoms with van der Waals surface area (Å²) in [6.45, 7) is 5.88. The highest BCUT2D eigenvalue weighted by molar-refractivity contribution is 5.97. The van der Waals surface area contributed by atoms with E-state index in [0.717, 1.165) is 53.4 Å². The highest BCUT2D eigenvalue weighted by atomic mass is 16.5. The number of ether oxygens (including phenoxy) is 1. The Hall–Kier alpha value is -2.70. The second-order valence-corrected chi connectivity index (χ2v) is 9.20. The summed E-state index contributed by atoms with van der Waals surface area (Å²) < 4.78 is 5.80. The van der Waals surface area contributed by atoms with E-state index >= 15 is 0 Å². The van der Waals surface area contributed by atoms with E-state index in [4.69, 9.17) is 4.74 Å². The zero-order chi connectivity index (χ0) is 22.0. The standard InChI is InChI=1S/C25H31N3O3/c1-16-14-27-23(21-12-13-26-22(16)21)17-4-6-18(7-5-17)24(29)28-19-8-10-20(11-9-19)31-15-25(2,3)30/h4-7,12-14,19-20,26,30H,8-11,15H2,1-3H3,(H,28,29). The summed E-state index contributed by atoms with van der Waals surface area (Å²) >= 11 is 0. The monoisotopic (exact) mass is 421 g/mol. The Morgan fingerprint density at radius 2 is 1.90 bits per heavy atom. The van der Waals surface area contributed by atoms with E-state index in [1.54, 1.807) is 13.8 Å². The number of aliphatic hydroxyl groups is 1. The van der Waals surface area contributed by atoms with Crippen LogP contribution in [0, 0.1) is 6.92 Å². The van der Waals surface area contributed by atoms with Crippen molar-refractivity contribution >= 4 is 16.8 Å². The van der Waals surface area contributed by atoms with Crippen LogP contribution in [-0.4, -0.2) is 45.3 Å². The number of carbonyl (C=O) groups is 1. The molecule has 0 spiro atoms. The lowest BCUT2D eigenvalue weighted by Gasteiger charge is -2.30. The van der Waals surface area contributed by atoms with Crippen LogP contribution in [-0.2, 0) is 4.74 Å². The van der Waals surface area contributed by atoms with Crippen LogP contribution >= 0.6 is 0 Å². The first-order valence-electron chi connectivity index (χ1n) is 11.0. The van der Waals surface area contributed by atoms with Crippen molar-refractivity contribution in [1.29, 1.82) is 0 Å². The number of rotatable bonds is 6. The van der Waals surface area contributed by atoms with Crippen LogP contribution < -0.4 is 5.32 Å². The smallest absolute Gasteiger partial charge is 0.251 e. The topological polar surface area (TPSA) is 87.2 Å². The van der Waals surface area contributed by atoms with Crippen molar-refractivity contribution in [2.75, 3.05) is 6.61 Å². The van der Waals surface area contributed by atoms with E-state index in [2.05, 4.69) is 15.3 Å². The first-order valence-corrected chi connectivity index (χ1v) is 11.0. The van der Waals surface area contributed by atoms with Crippen molar-refractivity contribution in [3.63, 3.8) is 0 Å². The number of amides is 1. The predicted octanol–water partition coefficient (Wildman–Crippen LogP) is 4.37. The highest BCUT2D eigenvalue weighted by Crippen LogP contribution is 2.28. The molecule has 1 aliphatic carbocycles. The maximum atomic E-state index is 12.7. The van der Waals surface area contributed by atoms with Gasteiger partial charge in [0.25, 0.3) is 5.91 Å². The minimum atomic E-state index is -0.807. The molecular formula is C25H31N3O3. The molecule has 0 unspecified atom stereocenters. The molecule has 0 aliphatic heterocycles. The van der Waals surface area contributed by atoms with E-state index in [1.807, 2.05) is 49.6 Å². The van der Waals surface area contributed by atoms with Crippen LogP contribution in [0.4, 0.5) is 0 Å². The average molecular weight is 422 g/mol. The van der Waals surface area contributed by atoms with Crippen LogP contribution in [0.1, 0.15) is 55.5 Å². The number of hydrogen-bond donors (Lipinski definition) is 3. The Bertz CT molecular complexity index is 1040. The minimum Gasteiger partial charge on any atom is -0.388 e. The van der Waals surface area contributed by atoms with Gasteiger partial charge in [-0.25, -0.2) is 0 Å². The Balaban J connectivity index is 1.35. The molecule has 3 aromatic rings. The molecule has 1 aromatic carbocycles. The molecule has 0 radical (unpaired) electrons. The molecule has 1 aliphatic rings. The second-order valence-electron chi connectivity index (χ2n) is 9.20. The Morgan fingerprint density at radius 3 is 2.58 bits per heavy atom. The number of pyridine rings is 1. The maximum absolute atomic E-state index is 12.7. The summed E-state index contributed by atoms with van der Waals surface area (Å²) in [5, 5.41) is 14.0. The second kappa shape index (κ2) is 8.81. The van der Waals surface area contributed by atoms with Gasteiger partial charge in [0.1, 0.15) is 0 Å². The van der Waals surface area contributed by atoms with Crippen molar-refractivity contribution < 1.29 is 14.6 Å². The van der Waals surface area contributed by atoms with Gasteiger partial charge in [0.15, 0.2) is 0 Å². The molecule has 164 valence electrons. The normalized spacial score (nSPS) is 19.5. The minimum absolute atomic E-state index is 0.0453. The van der Waals surface area contributed by atoms with Crippen molar-refractivity contribution in [3.05, 3.63) is 53.9 Å². The molecule has 3 N–H and O–H groups in total. The molecule has 1 fully saturated rings. The Labute approximate surface area is 183 Å². The Morgan fingerprint density at radius 1 is 1.19 bits per heavy atom. The van der Waals surface area contributed by atoms with Crippen molar-refractivity contribution in [2.24, 2.45) is 0 Å². The number of nitrogens with zero attached hydrogens (tertiary/aromatic N) is 1. The lowest BCUT2D eigenvalue weighted by atomic mass is 9.92. The van der Waals surface area contributed by atoms with Crippen LogP contribution in [0.25, 0.3) is 22.2 Å². The fourth-order valence-corrected chi connectivity index (χ4v) is 4.16. The van der Waals surface area contributed by atoms with Crippen molar-refractivity contribution in [3.8, 4) is 11.3 Å². The number of aromatic amines is 1. The van der Waals surface area contributed by atoms with E-state index in [-0.39, 0.29) is 18.1 Å². The number of H-pyrrole nitrogens is 1. The molecule has 6 nitrogen and oxygen atoms in total. The summed E-state index contributed by atoms with van der Waals surface area (Å²) in [6, 6.07) is 9.84. The number of carbonyl (C=O) groups excluding carboxylic acids is 1. The highest BCUT2D eigenvalue weighted by Gasteiger charge is 2.25. The molecular weight excluding hydrogens is 390 g/mol. The largest absolute Gasteiger partial charge is 0.388 e. The molecule has 0 saturated heterocycles. The molecule has 2 aromatic heterocycles. The molecule has 1 saturated carbocycles. The van der Waals surface area contributed by atoms with Gasteiger partial charge in [-0.3, -0.25) is 9.78 Å². The predicted molar refractivity (Wildman–Crippen MR) is 122 cm³/mol. The van der Waals surface area contributed by atoms with E-state index < -0.39 is 5.60 Å². The van der Waals surface area contributed by atoms with Crippen LogP contribution in [0.15, 0.2) is 42.7 Å². The van der Waals surface area contributed by atoms with Gasteiger partial charge in [-0.15, -0.1) is 0 Å². The third-order valence-electron chi connectivity index (χ3n) is 5.89. The number of aryl methyl sites for hydroxylation is 1. The maximum Gasteiger partial charge on any atom is 0.251 e. The number of nitrogens with one attached hydrogen (secondary N) is 2. The lowest BCUT2D eigenvalue weighted by Crippen LogP contribution is -2.40. The molecule has 0 bridgehead atoms. The van der Waals surface area contributed by atoms with E-state index in [0.29, 0.717) is 12.2 Å². The van der Waals surface area contributed by atoms with Gasteiger partial charge in [0.2, 0.25) is 0 Å². The molecule has 4 rings (SSSR count). The summed E-state index contributed by atoms with van der Waals surface area (Å²) in [6.07, 6.45) is 7.52. The van der Waals surface area contributed by atoms with Crippen LogP contribution in [0.2, 0.25) is 0 Å². The summed E-state index contributed by atoms with van der Waals surface area (Å²) in [4.78, 5) is 20.6. The molecule has 6 heteroatoms. The zero-order valence-electron chi connectivity index (χ0n) is 18.4. The van der Waals surface area contributed by atoms with Crippen molar-refractivity contribution in [1.82, 2.24) is 15.3 Å². The zero-order valence-corrected chi connectivity index (χ0v) is 18.4. The van der Waals surface area contributed by atoms with Gasteiger partial charge >= 0.3 is 0 Å². The van der Waals surface area contributed by atoms with Crippen molar-refractivity contribution in [2.45, 2.75) is 64.2 Å². The van der Waals surface area contributed by atoms with Crippen LogP contribution in [0.3, 0.4) is 0 Å². The Kier molecular flexibility index (Phi) is 6.12. The SMILES string of the molecule is Cc1cnc(-c2ccc(C(=O)NC3CCC(OCC(C)(C)O)CC3)cc2)c2cc[nH]c12. The van der Waals surface area contributed by atoms with E-state index in [1.165, 1.54) is 0 Å². The van der Waals surface area contributed by atoms with E-state index in [9.17, 15) is 9.90 Å². The van der Waals surface area contributed by atoms with Gasteiger partial charge in [-0.05, 0) is 70.2 Å². The molecule has 2 heterocycles.